The van der Waals surface area contributed by atoms with Crippen LogP contribution < -0.4 is 5.43 Å². The lowest BCUT2D eigenvalue weighted by atomic mass is 10.0. The lowest BCUT2D eigenvalue weighted by molar-refractivity contribution is 0.0950. The molecule has 1 aromatic heterocycles. The number of rotatable bonds is 5. The van der Waals surface area contributed by atoms with Gasteiger partial charge < -0.3 is 0 Å². The lowest BCUT2D eigenvalue weighted by Gasteiger charge is -2.01. The van der Waals surface area contributed by atoms with Crippen molar-refractivity contribution in [3.05, 3.63) is 83.1 Å². The molecular formula is C21H20N4O. The summed E-state index contributed by atoms with van der Waals surface area (Å²) in [5.41, 5.74) is 8.02. The van der Waals surface area contributed by atoms with Crippen molar-refractivity contribution in [3.8, 4) is 11.3 Å². The van der Waals surface area contributed by atoms with Crippen LogP contribution >= 0.6 is 0 Å². The Morgan fingerprint density at radius 2 is 1.88 bits per heavy atom. The van der Waals surface area contributed by atoms with E-state index in [4.69, 9.17) is 0 Å². The molecule has 26 heavy (non-hydrogen) atoms. The van der Waals surface area contributed by atoms with E-state index in [0.29, 0.717) is 5.69 Å². The van der Waals surface area contributed by atoms with Gasteiger partial charge in [-0.1, -0.05) is 48.5 Å². The second kappa shape index (κ2) is 8.07. The van der Waals surface area contributed by atoms with Gasteiger partial charge in [-0.2, -0.15) is 10.2 Å². The number of aryl methyl sites for hydroxylation is 2. The van der Waals surface area contributed by atoms with Gasteiger partial charge in [0.1, 0.15) is 5.69 Å². The molecule has 1 heterocycles. The molecule has 1 amide bonds. The summed E-state index contributed by atoms with van der Waals surface area (Å²) in [6.07, 6.45) is 5.21. The molecule has 0 saturated carbocycles. The number of carbonyl (C=O) groups excluding carboxylic acids is 1. The number of hydrogen-bond donors (Lipinski definition) is 2. The van der Waals surface area contributed by atoms with Crippen molar-refractivity contribution in [2.45, 2.75) is 13.8 Å². The summed E-state index contributed by atoms with van der Waals surface area (Å²) in [7, 11) is 0. The number of hydrazone groups is 1. The molecule has 2 aromatic carbocycles. The molecule has 130 valence electrons. The zero-order valence-corrected chi connectivity index (χ0v) is 14.7. The molecule has 3 aromatic rings. The maximum atomic E-state index is 12.1. The van der Waals surface area contributed by atoms with Gasteiger partial charge in [-0.3, -0.25) is 9.89 Å². The Hall–Kier alpha value is -3.47. The zero-order chi connectivity index (χ0) is 18.4. The molecule has 0 spiro atoms. The first-order valence-electron chi connectivity index (χ1n) is 8.31. The van der Waals surface area contributed by atoms with Crippen LogP contribution in [0.15, 0.2) is 65.8 Å². The Labute approximate surface area is 152 Å². The number of nitrogens with zero attached hydrogens (tertiary/aromatic N) is 2. The smallest absolute Gasteiger partial charge is 0.272 e. The van der Waals surface area contributed by atoms with Crippen molar-refractivity contribution in [1.82, 2.24) is 15.6 Å². The Bertz CT molecular complexity index is 955. The second-order valence-corrected chi connectivity index (χ2v) is 5.95. The highest BCUT2D eigenvalue weighted by atomic mass is 16.2. The number of aromatic amines is 1. The SMILES string of the molecule is Cc1ccc(-c2cc(C(=O)N/N=C\C=C\c3ccccc3)[nH]n2)cc1C. The summed E-state index contributed by atoms with van der Waals surface area (Å²) >= 11 is 0. The van der Waals surface area contributed by atoms with Crippen LogP contribution in [0.3, 0.4) is 0 Å². The highest BCUT2D eigenvalue weighted by molar-refractivity contribution is 5.94. The third kappa shape index (κ3) is 4.33. The summed E-state index contributed by atoms with van der Waals surface area (Å²) < 4.78 is 0. The standard InChI is InChI=1S/C21H20N4O/c1-15-10-11-18(13-16(15)2)19-14-20(24-23-19)21(26)25-22-12-6-9-17-7-4-3-5-8-17/h3-14H,1-2H3,(H,23,24)(H,25,26)/b9-6+,22-12-. The van der Waals surface area contributed by atoms with Gasteiger partial charge in [-0.05, 0) is 48.7 Å². The first-order chi connectivity index (χ1) is 12.6. The molecule has 0 aliphatic rings. The number of allylic oxidation sites excluding steroid dienone is 1. The van der Waals surface area contributed by atoms with Gasteiger partial charge in [0.15, 0.2) is 0 Å². The van der Waals surface area contributed by atoms with Gasteiger partial charge in [-0.25, -0.2) is 5.43 Å². The van der Waals surface area contributed by atoms with Crippen molar-refractivity contribution in [3.63, 3.8) is 0 Å². The Morgan fingerprint density at radius 1 is 1.08 bits per heavy atom. The van der Waals surface area contributed by atoms with Gasteiger partial charge in [0.2, 0.25) is 0 Å². The van der Waals surface area contributed by atoms with Crippen LogP contribution in [0.1, 0.15) is 27.2 Å². The van der Waals surface area contributed by atoms with E-state index < -0.39 is 0 Å². The molecular weight excluding hydrogens is 324 g/mol. The van der Waals surface area contributed by atoms with E-state index in [-0.39, 0.29) is 5.91 Å². The number of hydrogen-bond acceptors (Lipinski definition) is 3. The summed E-state index contributed by atoms with van der Waals surface area (Å²) in [6, 6.07) is 17.7. The molecule has 0 aliphatic heterocycles. The number of benzene rings is 2. The van der Waals surface area contributed by atoms with Crippen molar-refractivity contribution in [1.29, 1.82) is 0 Å². The van der Waals surface area contributed by atoms with Gasteiger partial charge in [0, 0.05) is 11.8 Å². The average molecular weight is 344 g/mol. The van der Waals surface area contributed by atoms with Crippen molar-refractivity contribution in [2.24, 2.45) is 5.10 Å². The normalized spacial score (nSPS) is 11.3. The monoisotopic (exact) mass is 344 g/mol. The highest BCUT2D eigenvalue weighted by Gasteiger charge is 2.10. The number of H-pyrrole nitrogens is 1. The van der Waals surface area contributed by atoms with Crippen LogP contribution in [0.4, 0.5) is 0 Å². The zero-order valence-electron chi connectivity index (χ0n) is 14.7. The third-order valence-corrected chi connectivity index (χ3v) is 4.04. The predicted molar refractivity (Wildman–Crippen MR) is 105 cm³/mol. The summed E-state index contributed by atoms with van der Waals surface area (Å²) in [5, 5.41) is 10.9. The maximum absolute atomic E-state index is 12.1. The summed E-state index contributed by atoms with van der Waals surface area (Å²) in [4.78, 5) is 12.1. The van der Waals surface area contributed by atoms with Crippen LogP contribution in [0.2, 0.25) is 0 Å². The fraction of sp³-hybridized carbons (Fsp3) is 0.0952. The second-order valence-electron chi connectivity index (χ2n) is 5.95. The third-order valence-electron chi connectivity index (χ3n) is 4.04. The van der Waals surface area contributed by atoms with Gasteiger partial charge in [0.05, 0.1) is 5.69 Å². The van der Waals surface area contributed by atoms with Crippen LogP contribution in [0, 0.1) is 13.8 Å². The molecule has 5 heteroatoms. The summed E-state index contributed by atoms with van der Waals surface area (Å²) in [6.45, 7) is 4.11. The molecule has 0 bridgehead atoms. The Balaban J connectivity index is 1.60. The van der Waals surface area contributed by atoms with E-state index in [1.165, 1.54) is 17.3 Å². The molecule has 0 radical (unpaired) electrons. The topological polar surface area (TPSA) is 70.1 Å². The number of amides is 1. The van der Waals surface area contributed by atoms with Gasteiger partial charge >= 0.3 is 0 Å². The lowest BCUT2D eigenvalue weighted by Crippen LogP contribution is -2.17. The molecule has 0 atom stereocenters. The van der Waals surface area contributed by atoms with Crippen molar-refractivity contribution in [2.75, 3.05) is 0 Å². The predicted octanol–water partition coefficient (Wildman–Crippen LogP) is 4.12. The van der Waals surface area contributed by atoms with E-state index in [0.717, 1.165) is 16.8 Å². The van der Waals surface area contributed by atoms with Gasteiger partial charge in [0.25, 0.3) is 5.91 Å². The van der Waals surface area contributed by atoms with E-state index in [9.17, 15) is 4.79 Å². The molecule has 5 nitrogen and oxygen atoms in total. The minimum atomic E-state index is -0.336. The first kappa shape index (κ1) is 17.4. The Kier molecular flexibility index (Phi) is 5.39. The van der Waals surface area contributed by atoms with E-state index in [1.807, 2.05) is 48.5 Å². The minimum Gasteiger partial charge on any atom is -0.272 e. The fourth-order valence-electron chi connectivity index (χ4n) is 2.40. The van der Waals surface area contributed by atoms with Crippen LogP contribution in [0.25, 0.3) is 17.3 Å². The molecule has 0 unspecified atom stereocenters. The van der Waals surface area contributed by atoms with Gasteiger partial charge in [-0.15, -0.1) is 0 Å². The highest BCUT2D eigenvalue weighted by Crippen LogP contribution is 2.20. The van der Waals surface area contributed by atoms with Crippen molar-refractivity contribution >= 4 is 18.2 Å². The fourth-order valence-corrected chi connectivity index (χ4v) is 2.40. The van der Waals surface area contributed by atoms with E-state index >= 15 is 0 Å². The number of aromatic nitrogens is 2. The molecule has 0 saturated heterocycles. The van der Waals surface area contributed by atoms with Crippen LogP contribution in [-0.2, 0) is 0 Å². The molecule has 0 aliphatic carbocycles. The average Bonchev–Trinajstić information content (AvgIpc) is 3.15. The number of carbonyl (C=O) groups is 1. The van der Waals surface area contributed by atoms with E-state index in [1.54, 1.807) is 12.1 Å². The number of nitrogens with one attached hydrogen (secondary N) is 2. The van der Waals surface area contributed by atoms with Crippen molar-refractivity contribution < 1.29 is 4.79 Å². The van der Waals surface area contributed by atoms with Crippen LogP contribution in [0.5, 0.6) is 0 Å². The molecule has 3 rings (SSSR count). The van der Waals surface area contributed by atoms with E-state index in [2.05, 4.69) is 40.6 Å². The minimum absolute atomic E-state index is 0.336. The Morgan fingerprint density at radius 3 is 2.65 bits per heavy atom. The first-order valence-corrected chi connectivity index (χ1v) is 8.31. The van der Waals surface area contributed by atoms with Crippen LogP contribution in [-0.4, -0.2) is 22.3 Å². The summed E-state index contributed by atoms with van der Waals surface area (Å²) in [5.74, 6) is -0.336. The molecule has 0 fully saturated rings. The maximum Gasteiger partial charge on any atom is 0.289 e. The quantitative estimate of drug-likeness (QED) is 0.540. The molecule has 2 N–H and O–H groups in total. The largest absolute Gasteiger partial charge is 0.289 e.